The topological polar surface area (TPSA) is 82.3 Å². The normalized spacial score (nSPS) is 34.6. The lowest BCUT2D eigenvalue weighted by Gasteiger charge is -2.39. The molecule has 6 heteroatoms. The van der Waals surface area contributed by atoms with Gasteiger partial charge in [-0.2, -0.15) is 0 Å². The molecule has 6 unspecified atom stereocenters. The van der Waals surface area contributed by atoms with Gasteiger partial charge in [0.05, 0.1) is 6.67 Å². The van der Waals surface area contributed by atoms with Gasteiger partial charge in [0.1, 0.15) is 0 Å². The van der Waals surface area contributed by atoms with Crippen LogP contribution in [0.4, 0.5) is 9.59 Å². The van der Waals surface area contributed by atoms with Crippen LogP contribution in [-0.2, 0) is 0 Å². The van der Waals surface area contributed by atoms with Crippen LogP contribution < -0.4 is 21.3 Å². The maximum absolute atomic E-state index is 12.0. The Hall–Kier alpha value is -1.46. The first kappa shape index (κ1) is 20.8. The van der Waals surface area contributed by atoms with Crippen molar-refractivity contribution in [2.75, 3.05) is 13.7 Å². The van der Waals surface area contributed by atoms with Gasteiger partial charge in [-0.15, -0.1) is 0 Å². The Morgan fingerprint density at radius 3 is 2.23 bits per heavy atom. The van der Waals surface area contributed by atoms with E-state index in [0.29, 0.717) is 5.92 Å². The van der Waals surface area contributed by atoms with Gasteiger partial charge in [0.2, 0.25) is 0 Å². The fraction of sp³-hybridized carbons (Fsp3) is 0.900. The van der Waals surface area contributed by atoms with Crippen molar-refractivity contribution < 1.29 is 9.59 Å². The number of hydrogen-bond donors (Lipinski definition) is 4. The van der Waals surface area contributed by atoms with Gasteiger partial charge in [-0.3, -0.25) is 0 Å². The van der Waals surface area contributed by atoms with Gasteiger partial charge < -0.3 is 21.3 Å². The molecule has 0 aromatic rings. The third-order valence-corrected chi connectivity index (χ3v) is 6.75. The number of hydrogen-bond acceptors (Lipinski definition) is 2. The molecule has 6 nitrogen and oxygen atoms in total. The van der Waals surface area contributed by atoms with Crippen molar-refractivity contribution in [3.8, 4) is 0 Å². The Labute approximate surface area is 158 Å². The quantitative estimate of drug-likeness (QED) is 0.562. The highest BCUT2D eigenvalue weighted by atomic mass is 16.2. The zero-order chi connectivity index (χ0) is 19.1. The Kier molecular flexibility index (Phi) is 8.04. The molecule has 0 bridgehead atoms. The molecule has 6 atom stereocenters. The van der Waals surface area contributed by atoms with E-state index in [0.717, 1.165) is 36.5 Å². The van der Waals surface area contributed by atoms with Crippen LogP contribution in [0.1, 0.15) is 65.7 Å². The Morgan fingerprint density at radius 2 is 1.58 bits per heavy atom. The van der Waals surface area contributed by atoms with E-state index in [1.165, 1.54) is 32.1 Å². The minimum absolute atomic E-state index is 0.134. The average molecular weight is 367 g/mol. The lowest BCUT2D eigenvalue weighted by atomic mass is 9.68. The minimum Gasteiger partial charge on any atom is -0.341 e. The third-order valence-electron chi connectivity index (χ3n) is 6.75. The average Bonchev–Trinajstić information content (AvgIpc) is 2.60. The molecule has 2 saturated carbocycles. The van der Waals surface area contributed by atoms with E-state index in [2.05, 4.69) is 42.0 Å². The van der Waals surface area contributed by atoms with Gasteiger partial charge in [0.25, 0.3) is 0 Å². The molecular formula is C20H38N4O2. The van der Waals surface area contributed by atoms with Gasteiger partial charge >= 0.3 is 12.1 Å². The molecule has 0 saturated heterocycles. The molecule has 0 spiro atoms. The summed E-state index contributed by atoms with van der Waals surface area (Å²) in [7, 11) is 1.55. The van der Waals surface area contributed by atoms with Gasteiger partial charge in [0.15, 0.2) is 0 Å². The van der Waals surface area contributed by atoms with E-state index < -0.39 is 0 Å². The van der Waals surface area contributed by atoms with Crippen molar-refractivity contribution in [1.29, 1.82) is 0 Å². The second-order valence-electron chi connectivity index (χ2n) is 8.70. The van der Waals surface area contributed by atoms with Gasteiger partial charge in [-0.25, -0.2) is 9.59 Å². The maximum Gasteiger partial charge on any atom is 0.316 e. The van der Waals surface area contributed by atoms with Crippen LogP contribution in [0.5, 0.6) is 0 Å². The van der Waals surface area contributed by atoms with Crippen LogP contribution in [-0.4, -0.2) is 31.8 Å². The number of rotatable bonds is 5. The lowest BCUT2D eigenvalue weighted by Crippen LogP contribution is -2.49. The maximum atomic E-state index is 12.0. The number of amides is 4. The first-order chi connectivity index (χ1) is 12.4. The molecule has 4 amide bonds. The summed E-state index contributed by atoms with van der Waals surface area (Å²) in [6.07, 6.45) is 8.88. The van der Waals surface area contributed by atoms with E-state index in [1.807, 2.05) is 0 Å². The summed E-state index contributed by atoms with van der Waals surface area (Å²) >= 11 is 0. The second-order valence-corrected chi connectivity index (χ2v) is 8.70. The molecule has 0 aromatic heterocycles. The van der Waals surface area contributed by atoms with Crippen molar-refractivity contribution >= 4 is 12.1 Å². The molecule has 2 aliphatic rings. The van der Waals surface area contributed by atoms with Gasteiger partial charge in [-0.1, -0.05) is 33.6 Å². The number of nitrogens with one attached hydrogen (secondary N) is 4. The summed E-state index contributed by atoms with van der Waals surface area (Å²) in [5.74, 6) is 4.12. The molecule has 2 aliphatic carbocycles. The molecule has 2 rings (SSSR count). The van der Waals surface area contributed by atoms with Crippen molar-refractivity contribution in [3.05, 3.63) is 0 Å². The fourth-order valence-electron chi connectivity index (χ4n) is 4.77. The third kappa shape index (κ3) is 6.36. The molecule has 0 aliphatic heterocycles. The predicted octanol–water partition coefficient (Wildman–Crippen LogP) is 3.44. The summed E-state index contributed by atoms with van der Waals surface area (Å²) in [6, 6.07) is -0.260. The van der Waals surface area contributed by atoms with Crippen LogP contribution in [0.2, 0.25) is 0 Å². The van der Waals surface area contributed by atoms with Crippen LogP contribution in [0.25, 0.3) is 0 Å². The number of carbonyl (C=O) groups is 2. The lowest BCUT2D eigenvalue weighted by molar-refractivity contribution is 0.134. The second kappa shape index (κ2) is 10.0. The minimum atomic E-state index is -0.300. The Balaban J connectivity index is 1.67. The SMILES string of the molecule is CNC(=O)NCNC(=O)NC1CCC(CC2CCC(C)C(C)C2)C(C)C1. The van der Waals surface area contributed by atoms with E-state index in [4.69, 9.17) is 0 Å². The summed E-state index contributed by atoms with van der Waals surface area (Å²) in [5, 5.41) is 10.7. The van der Waals surface area contributed by atoms with Crippen LogP contribution in [0.3, 0.4) is 0 Å². The standard InChI is InChI=1S/C20H38N4O2/c1-13-5-6-16(9-14(13)2)11-17-7-8-18(10-15(17)3)24-20(26)23-12-22-19(25)21-4/h13-18H,5-12H2,1-4H3,(H2,21,22,25)(H2,23,24,26). The van der Waals surface area contributed by atoms with Crippen molar-refractivity contribution in [3.63, 3.8) is 0 Å². The molecule has 0 radical (unpaired) electrons. The van der Waals surface area contributed by atoms with Gasteiger partial charge in [0, 0.05) is 13.1 Å². The van der Waals surface area contributed by atoms with Crippen LogP contribution in [0, 0.1) is 29.6 Å². The largest absolute Gasteiger partial charge is 0.341 e. The monoisotopic (exact) mass is 366 g/mol. The summed E-state index contributed by atoms with van der Waals surface area (Å²) < 4.78 is 0. The van der Waals surface area contributed by atoms with Crippen molar-refractivity contribution in [2.45, 2.75) is 71.8 Å². The highest BCUT2D eigenvalue weighted by Crippen LogP contribution is 2.41. The van der Waals surface area contributed by atoms with Crippen molar-refractivity contribution in [2.24, 2.45) is 29.6 Å². The summed E-state index contributed by atoms with van der Waals surface area (Å²) in [5.41, 5.74) is 0. The molecule has 2 fully saturated rings. The van der Waals surface area contributed by atoms with E-state index in [9.17, 15) is 9.59 Å². The molecule has 26 heavy (non-hydrogen) atoms. The molecule has 150 valence electrons. The fourth-order valence-corrected chi connectivity index (χ4v) is 4.77. The van der Waals surface area contributed by atoms with Crippen molar-refractivity contribution in [1.82, 2.24) is 21.3 Å². The van der Waals surface area contributed by atoms with E-state index in [-0.39, 0.29) is 24.8 Å². The summed E-state index contributed by atoms with van der Waals surface area (Å²) in [4.78, 5) is 23.0. The summed E-state index contributed by atoms with van der Waals surface area (Å²) in [6.45, 7) is 7.29. The Bertz CT molecular complexity index is 471. The molecular weight excluding hydrogens is 328 g/mol. The molecule has 4 N–H and O–H groups in total. The smallest absolute Gasteiger partial charge is 0.316 e. The highest BCUT2D eigenvalue weighted by molar-refractivity contribution is 5.76. The van der Waals surface area contributed by atoms with Gasteiger partial charge in [-0.05, 0) is 61.7 Å². The Morgan fingerprint density at radius 1 is 0.846 bits per heavy atom. The van der Waals surface area contributed by atoms with Crippen LogP contribution >= 0.6 is 0 Å². The zero-order valence-corrected chi connectivity index (χ0v) is 16.9. The van der Waals surface area contributed by atoms with E-state index in [1.54, 1.807) is 7.05 Å². The first-order valence-corrected chi connectivity index (χ1v) is 10.4. The first-order valence-electron chi connectivity index (χ1n) is 10.4. The molecule has 0 aromatic carbocycles. The number of carbonyl (C=O) groups excluding carboxylic acids is 2. The van der Waals surface area contributed by atoms with E-state index >= 15 is 0 Å². The van der Waals surface area contributed by atoms with Crippen LogP contribution in [0.15, 0.2) is 0 Å². The molecule has 0 heterocycles. The zero-order valence-electron chi connectivity index (χ0n) is 16.9. The number of urea groups is 2. The predicted molar refractivity (Wildman–Crippen MR) is 105 cm³/mol. The highest BCUT2D eigenvalue weighted by Gasteiger charge is 2.32.